The molecule has 0 aliphatic carbocycles. The molecule has 0 unspecified atom stereocenters. The summed E-state index contributed by atoms with van der Waals surface area (Å²) in [5, 5.41) is 7.87. The number of benzene rings is 1. The Morgan fingerprint density at radius 2 is 2.05 bits per heavy atom. The second kappa shape index (κ2) is 10.6. The number of hydrogen-bond acceptors (Lipinski definition) is 7. The molecule has 1 aliphatic rings. The number of hydrogen-bond donors (Lipinski definition) is 2. The van der Waals surface area contributed by atoms with Gasteiger partial charge < -0.3 is 19.8 Å². The van der Waals surface area contributed by atoms with Crippen molar-refractivity contribution in [2.75, 3.05) is 19.6 Å². The zero-order chi connectivity index (χ0) is 28.7. The molecule has 4 heterocycles. The molecular weight excluding hydrogens is 534 g/mol. The largest absolute Gasteiger partial charge is 0.435 e. The Labute approximate surface area is 226 Å². The molecular formula is C26H29F4N7O3. The van der Waals surface area contributed by atoms with Crippen LogP contribution < -0.4 is 14.8 Å². The maximum absolute atomic E-state index is 13.6. The molecule has 0 bridgehead atoms. The summed E-state index contributed by atoms with van der Waals surface area (Å²) in [6.45, 7) is 3.36. The Morgan fingerprint density at radius 1 is 1.25 bits per heavy atom. The Kier molecular flexibility index (Phi) is 7.29. The van der Waals surface area contributed by atoms with Gasteiger partial charge in [0.2, 0.25) is 0 Å². The van der Waals surface area contributed by atoms with E-state index in [9.17, 15) is 22.4 Å². The number of alkyl halides is 4. The first kappa shape index (κ1) is 27.6. The first-order valence-electron chi connectivity index (χ1n) is 12.8. The van der Waals surface area contributed by atoms with Crippen LogP contribution in [0.2, 0.25) is 0 Å². The van der Waals surface area contributed by atoms with Gasteiger partial charge in [0, 0.05) is 43.2 Å². The molecule has 40 heavy (non-hydrogen) atoms. The van der Waals surface area contributed by atoms with Crippen LogP contribution in [-0.2, 0) is 6.54 Å². The van der Waals surface area contributed by atoms with Crippen molar-refractivity contribution in [1.82, 2.24) is 34.9 Å². The molecule has 0 saturated carbocycles. The fourth-order valence-corrected chi connectivity index (χ4v) is 4.63. The van der Waals surface area contributed by atoms with E-state index in [4.69, 9.17) is 4.74 Å². The minimum atomic E-state index is -3.01. The highest BCUT2D eigenvalue weighted by Crippen LogP contribution is 2.33. The number of halogens is 4. The number of carbonyl (C=O) groups excluding carboxylic acids is 1. The molecule has 1 aromatic carbocycles. The maximum Gasteiger partial charge on any atom is 0.413 e. The number of nitrogens with one attached hydrogen (secondary N) is 2. The molecule has 1 fully saturated rings. The van der Waals surface area contributed by atoms with Crippen LogP contribution in [0, 0.1) is 0 Å². The lowest BCUT2D eigenvalue weighted by atomic mass is 10.1. The number of fused-ring (bicyclic) bond motifs is 2. The lowest BCUT2D eigenvalue weighted by Crippen LogP contribution is -2.42. The molecule has 2 N–H and O–H groups in total. The Balaban J connectivity index is 1.46. The van der Waals surface area contributed by atoms with Gasteiger partial charge in [-0.2, -0.15) is 13.9 Å². The van der Waals surface area contributed by atoms with E-state index in [-0.39, 0.29) is 30.0 Å². The summed E-state index contributed by atoms with van der Waals surface area (Å²) in [6, 6.07) is 4.47. The number of amides is 1. The van der Waals surface area contributed by atoms with E-state index in [1.165, 1.54) is 24.5 Å². The topological polar surface area (TPSA) is 110 Å². The van der Waals surface area contributed by atoms with Crippen LogP contribution in [0.15, 0.2) is 30.6 Å². The lowest BCUT2D eigenvalue weighted by molar-refractivity contribution is -0.0497. The Morgan fingerprint density at radius 3 is 2.75 bits per heavy atom. The van der Waals surface area contributed by atoms with Crippen molar-refractivity contribution in [3.63, 3.8) is 0 Å². The maximum atomic E-state index is 13.6. The first-order valence-corrected chi connectivity index (χ1v) is 12.8. The average Bonchev–Trinajstić information content (AvgIpc) is 3.52. The van der Waals surface area contributed by atoms with Crippen molar-refractivity contribution in [1.29, 1.82) is 0 Å². The lowest BCUT2D eigenvalue weighted by Gasteiger charge is -2.19. The van der Waals surface area contributed by atoms with Crippen molar-refractivity contribution in [3.05, 3.63) is 30.6 Å². The number of aromatic amines is 1. The van der Waals surface area contributed by atoms with Gasteiger partial charge in [0.05, 0.1) is 18.3 Å². The third-order valence-electron chi connectivity index (χ3n) is 6.31. The molecule has 1 aliphatic heterocycles. The van der Waals surface area contributed by atoms with Crippen molar-refractivity contribution in [2.45, 2.75) is 58.2 Å². The molecule has 10 nitrogen and oxygen atoms in total. The number of ether oxygens (including phenoxy) is 2. The quantitative estimate of drug-likeness (QED) is 0.284. The summed E-state index contributed by atoms with van der Waals surface area (Å²) in [6.07, 6.45) is 2.66. The highest BCUT2D eigenvalue weighted by atomic mass is 19.3. The highest BCUT2D eigenvalue weighted by molar-refractivity contribution is 5.94. The number of rotatable bonds is 8. The zero-order valence-corrected chi connectivity index (χ0v) is 22.2. The third kappa shape index (κ3) is 6.27. The van der Waals surface area contributed by atoms with Crippen molar-refractivity contribution in [2.24, 2.45) is 0 Å². The second-order valence-corrected chi connectivity index (χ2v) is 10.7. The van der Waals surface area contributed by atoms with Crippen LogP contribution in [0.4, 0.5) is 22.4 Å². The Hall–Kier alpha value is -3.94. The van der Waals surface area contributed by atoms with E-state index in [2.05, 4.69) is 30.1 Å². The molecule has 214 valence electrons. The van der Waals surface area contributed by atoms with Gasteiger partial charge >= 0.3 is 12.7 Å². The molecule has 4 aromatic rings. The van der Waals surface area contributed by atoms with Crippen molar-refractivity contribution >= 4 is 28.2 Å². The van der Waals surface area contributed by atoms with E-state index in [1.54, 1.807) is 15.6 Å². The van der Waals surface area contributed by atoms with Crippen LogP contribution >= 0.6 is 0 Å². The standard InChI is InChI=1S/C26H29F4N7O3/c1-25(2,3)34-24(38)40-19-13-32-22-21(19)33-17(12-31-22)20-16-11-15(39-23(27)28)5-6-18(16)37(35-20)9-4-8-36-10-7-26(29,30)14-36/h5-6,11-13,23H,4,7-10,14H2,1-3H3,(H,31,32)(H,34,38). The van der Waals surface area contributed by atoms with E-state index in [0.717, 1.165) is 0 Å². The van der Waals surface area contributed by atoms with Crippen molar-refractivity contribution < 1.29 is 31.8 Å². The summed E-state index contributed by atoms with van der Waals surface area (Å²) >= 11 is 0. The fraction of sp³-hybridized carbons (Fsp3) is 0.462. The van der Waals surface area contributed by atoms with Crippen molar-refractivity contribution in [3.8, 4) is 22.9 Å². The third-order valence-corrected chi connectivity index (χ3v) is 6.31. The van der Waals surface area contributed by atoms with Gasteiger partial charge in [-0.3, -0.25) is 9.58 Å². The number of likely N-dealkylation sites (tertiary alicyclic amines) is 1. The summed E-state index contributed by atoms with van der Waals surface area (Å²) in [5.41, 5.74) is 1.42. The summed E-state index contributed by atoms with van der Waals surface area (Å²) < 4.78 is 64.7. The average molecular weight is 564 g/mol. The Bertz CT molecular complexity index is 1530. The molecule has 14 heteroatoms. The molecule has 1 saturated heterocycles. The van der Waals surface area contributed by atoms with E-state index in [1.807, 2.05) is 20.8 Å². The molecule has 1 amide bonds. The van der Waals surface area contributed by atoms with Gasteiger partial charge in [-0.25, -0.2) is 23.5 Å². The number of H-pyrrole nitrogens is 1. The van der Waals surface area contributed by atoms with E-state index >= 15 is 0 Å². The van der Waals surface area contributed by atoms with Gasteiger partial charge in [0.15, 0.2) is 16.9 Å². The molecule has 0 radical (unpaired) electrons. The van der Waals surface area contributed by atoms with Gasteiger partial charge in [0.1, 0.15) is 17.1 Å². The van der Waals surface area contributed by atoms with Gasteiger partial charge in [-0.1, -0.05) is 0 Å². The van der Waals surface area contributed by atoms with Gasteiger partial charge in [-0.15, -0.1) is 0 Å². The molecule has 0 spiro atoms. The van der Waals surface area contributed by atoms with E-state index in [0.29, 0.717) is 54.0 Å². The number of aromatic nitrogens is 5. The van der Waals surface area contributed by atoms with Crippen LogP contribution in [-0.4, -0.2) is 73.4 Å². The number of nitrogens with zero attached hydrogens (tertiary/aromatic N) is 5. The van der Waals surface area contributed by atoms with Crippen LogP contribution in [0.3, 0.4) is 0 Å². The molecule has 5 rings (SSSR count). The SMILES string of the molecule is CC(C)(C)NC(=O)Oc1c[nH]c2ncc(-c3nn(CCCN4CCC(F)(F)C4)c4ccc(OC(F)F)cc34)nc12. The van der Waals surface area contributed by atoms with Crippen LogP contribution in [0.5, 0.6) is 11.5 Å². The predicted octanol–water partition coefficient (Wildman–Crippen LogP) is 5.19. The predicted molar refractivity (Wildman–Crippen MR) is 139 cm³/mol. The summed E-state index contributed by atoms with van der Waals surface area (Å²) in [5.74, 6) is -2.57. The van der Waals surface area contributed by atoms with E-state index < -0.39 is 24.2 Å². The van der Waals surface area contributed by atoms with Gasteiger partial charge in [0.25, 0.3) is 5.92 Å². The number of carbonyl (C=O) groups is 1. The fourth-order valence-electron chi connectivity index (χ4n) is 4.63. The number of aryl methyl sites for hydroxylation is 1. The second-order valence-electron chi connectivity index (χ2n) is 10.7. The molecule has 0 atom stereocenters. The smallest absolute Gasteiger partial charge is 0.413 e. The van der Waals surface area contributed by atoms with Crippen LogP contribution in [0.1, 0.15) is 33.6 Å². The van der Waals surface area contributed by atoms with Crippen LogP contribution in [0.25, 0.3) is 33.5 Å². The monoisotopic (exact) mass is 563 g/mol. The minimum absolute atomic E-state index is 0.0545. The normalized spacial score (nSPS) is 15.8. The van der Waals surface area contributed by atoms with Gasteiger partial charge in [-0.05, 0) is 45.4 Å². The zero-order valence-electron chi connectivity index (χ0n) is 22.2. The highest BCUT2D eigenvalue weighted by Gasteiger charge is 2.37. The minimum Gasteiger partial charge on any atom is -0.435 e. The summed E-state index contributed by atoms with van der Waals surface area (Å²) in [4.78, 5) is 25.9. The molecule has 3 aromatic heterocycles. The summed E-state index contributed by atoms with van der Waals surface area (Å²) in [7, 11) is 0. The first-order chi connectivity index (χ1) is 18.9.